The van der Waals surface area contributed by atoms with E-state index in [2.05, 4.69) is 6.58 Å². The van der Waals surface area contributed by atoms with Crippen LogP contribution in [-0.2, 0) is 31.5 Å². The fraction of sp³-hybridized carbons (Fsp3) is 0.579. The van der Waals surface area contributed by atoms with E-state index >= 15 is 0 Å². The molecule has 1 aromatic rings. The monoisotopic (exact) mass is 380 g/mol. The van der Waals surface area contributed by atoms with Crippen LogP contribution in [0.15, 0.2) is 24.8 Å². The summed E-state index contributed by atoms with van der Waals surface area (Å²) in [5, 5.41) is 21.0. The Morgan fingerprint density at radius 3 is 2.63 bits per heavy atom. The predicted molar refractivity (Wildman–Crippen MR) is 92.3 cm³/mol. The minimum atomic E-state index is -1.48. The summed E-state index contributed by atoms with van der Waals surface area (Å²) in [6.07, 6.45) is -2.04. The van der Waals surface area contributed by atoms with Crippen molar-refractivity contribution in [1.29, 1.82) is 0 Å². The van der Waals surface area contributed by atoms with Crippen molar-refractivity contribution < 1.29 is 38.6 Å². The zero-order chi connectivity index (χ0) is 19.2. The van der Waals surface area contributed by atoms with E-state index in [1.54, 1.807) is 26.4 Å². The Balaban J connectivity index is 1.63. The number of fused-ring (bicyclic) bond motifs is 3. The minimum absolute atomic E-state index is 0.149. The van der Waals surface area contributed by atoms with Crippen LogP contribution in [-0.4, -0.2) is 61.6 Å². The van der Waals surface area contributed by atoms with Crippen LogP contribution in [0.3, 0.4) is 0 Å². The van der Waals surface area contributed by atoms with Crippen LogP contribution in [0.5, 0.6) is 11.5 Å². The predicted octanol–water partition coefficient (Wildman–Crippen LogP) is 0.825. The Hall–Kier alpha value is -1.68. The van der Waals surface area contributed by atoms with Crippen molar-refractivity contribution >= 4 is 0 Å². The Morgan fingerprint density at radius 1 is 1.19 bits per heavy atom. The first-order valence-electron chi connectivity index (χ1n) is 8.86. The summed E-state index contributed by atoms with van der Waals surface area (Å²) < 4.78 is 34.4. The molecule has 0 unspecified atom stereocenters. The molecule has 3 aliphatic rings. The maximum atomic E-state index is 10.6. The summed E-state index contributed by atoms with van der Waals surface area (Å²) in [5.41, 5.74) is 1.48. The first-order valence-corrected chi connectivity index (χ1v) is 8.86. The van der Waals surface area contributed by atoms with Crippen LogP contribution in [0, 0.1) is 0 Å². The SMILES string of the molecule is C=CC[C@H]1O[C@@H]2CO[C@]3(OCc4cc(OC)c(OC)cc43)O[C@H]2[C@H](O)[C@H]1O. The molecular weight excluding hydrogens is 356 g/mol. The standard InChI is InChI=1S/C19H24O8/c1-4-5-12-16(20)17(21)18-15(26-12)9-25-19(27-18)11-7-14(23-3)13(22-2)6-10(11)8-24-19/h4,6-7,12,15-18,20-21H,1,5,8-9H2,2-3H3/t12-,15-,16+,17-,18-,19+/m1/s1. The lowest BCUT2D eigenvalue weighted by Crippen LogP contribution is -2.64. The van der Waals surface area contributed by atoms with E-state index in [0.717, 1.165) is 5.56 Å². The third-order valence-corrected chi connectivity index (χ3v) is 5.27. The van der Waals surface area contributed by atoms with Crippen molar-refractivity contribution in [2.75, 3.05) is 20.8 Å². The first kappa shape index (κ1) is 18.7. The van der Waals surface area contributed by atoms with E-state index in [9.17, 15) is 10.2 Å². The number of methoxy groups -OCH3 is 2. The molecule has 0 amide bonds. The molecule has 148 valence electrons. The average Bonchev–Trinajstić information content (AvgIpc) is 3.02. The van der Waals surface area contributed by atoms with Gasteiger partial charge in [-0.1, -0.05) is 6.08 Å². The van der Waals surface area contributed by atoms with Gasteiger partial charge in [-0.3, -0.25) is 0 Å². The molecule has 4 rings (SSSR count). The minimum Gasteiger partial charge on any atom is -0.493 e. The highest BCUT2D eigenvalue weighted by molar-refractivity contribution is 5.49. The zero-order valence-corrected chi connectivity index (χ0v) is 15.3. The van der Waals surface area contributed by atoms with Gasteiger partial charge in [0.25, 0.3) is 0 Å². The van der Waals surface area contributed by atoms with Gasteiger partial charge < -0.3 is 38.6 Å². The summed E-state index contributed by atoms with van der Waals surface area (Å²) in [5.74, 6) is -0.387. The summed E-state index contributed by atoms with van der Waals surface area (Å²) in [7, 11) is 3.10. The number of rotatable bonds is 4. The van der Waals surface area contributed by atoms with Gasteiger partial charge in [0.05, 0.1) is 39.1 Å². The molecule has 3 aliphatic heterocycles. The molecule has 2 fully saturated rings. The van der Waals surface area contributed by atoms with Gasteiger partial charge in [-0.15, -0.1) is 6.58 Å². The Bertz CT molecular complexity index is 720. The second-order valence-electron chi connectivity index (χ2n) is 6.82. The number of ether oxygens (including phenoxy) is 6. The van der Waals surface area contributed by atoms with Crippen LogP contribution in [0.2, 0.25) is 0 Å². The second kappa shape index (κ2) is 7.05. The highest BCUT2D eigenvalue weighted by Gasteiger charge is 2.56. The van der Waals surface area contributed by atoms with Crippen molar-refractivity contribution in [3.63, 3.8) is 0 Å². The summed E-state index contributed by atoms with van der Waals surface area (Å²) in [6, 6.07) is 3.55. The molecule has 3 heterocycles. The maximum Gasteiger partial charge on any atom is 0.313 e. The van der Waals surface area contributed by atoms with Gasteiger partial charge in [0.15, 0.2) is 11.5 Å². The molecule has 8 nitrogen and oxygen atoms in total. The third-order valence-electron chi connectivity index (χ3n) is 5.27. The van der Waals surface area contributed by atoms with E-state index in [1.807, 2.05) is 6.07 Å². The summed E-state index contributed by atoms with van der Waals surface area (Å²) in [6.45, 7) is 4.06. The third kappa shape index (κ3) is 2.93. The first-order chi connectivity index (χ1) is 13.0. The summed E-state index contributed by atoms with van der Waals surface area (Å²) >= 11 is 0. The number of aliphatic hydroxyl groups excluding tert-OH is 2. The summed E-state index contributed by atoms with van der Waals surface area (Å²) in [4.78, 5) is 0. The van der Waals surface area contributed by atoms with Crippen LogP contribution in [0.1, 0.15) is 17.5 Å². The zero-order valence-electron chi connectivity index (χ0n) is 15.3. The topological polar surface area (TPSA) is 95.8 Å². The van der Waals surface area contributed by atoms with Crippen LogP contribution in [0.4, 0.5) is 0 Å². The van der Waals surface area contributed by atoms with Gasteiger partial charge in [-0.25, -0.2) is 0 Å². The molecule has 2 N–H and O–H groups in total. The fourth-order valence-corrected chi connectivity index (χ4v) is 3.85. The van der Waals surface area contributed by atoms with Crippen molar-refractivity contribution in [3.05, 3.63) is 35.9 Å². The lowest BCUT2D eigenvalue weighted by Gasteiger charge is -2.49. The van der Waals surface area contributed by atoms with Gasteiger partial charge in [-0.2, -0.15) is 0 Å². The Morgan fingerprint density at radius 2 is 1.93 bits per heavy atom. The molecule has 1 spiro atoms. The molecule has 0 aromatic heterocycles. The molecule has 0 radical (unpaired) electrons. The van der Waals surface area contributed by atoms with Crippen LogP contribution in [0.25, 0.3) is 0 Å². The number of aliphatic hydroxyl groups is 2. The highest BCUT2D eigenvalue weighted by Crippen LogP contribution is 2.47. The average molecular weight is 380 g/mol. The number of benzene rings is 1. The van der Waals surface area contributed by atoms with E-state index in [1.165, 1.54) is 0 Å². The lowest BCUT2D eigenvalue weighted by atomic mass is 9.92. The van der Waals surface area contributed by atoms with Crippen LogP contribution < -0.4 is 9.47 Å². The van der Waals surface area contributed by atoms with E-state index < -0.39 is 36.5 Å². The highest BCUT2D eigenvalue weighted by atomic mass is 16.9. The lowest BCUT2D eigenvalue weighted by molar-refractivity contribution is -0.458. The molecule has 0 saturated carbocycles. The van der Waals surface area contributed by atoms with Crippen molar-refractivity contribution in [1.82, 2.24) is 0 Å². The number of hydrogen-bond donors (Lipinski definition) is 2. The largest absolute Gasteiger partial charge is 0.493 e. The second-order valence-corrected chi connectivity index (χ2v) is 6.82. The van der Waals surface area contributed by atoms with Crippen molar-refractivity contribution in [2.24, 2.45) is 0 Å². The van der Waals surface area contributed by atoms with E-state index in [4.69, 9.17) is 28.4 Å². The van der Waals surface area contributed by atoms with Crippen molar-refractivity contribution in [2.45, 2.75) is 49.5 Å². The van der Waals surface area contributed by atoms with Gasteiger partial charge in [-0.05, 0) is 24.1 Å². The number of hydrogen-bond acceptors (Lipinski definition) is 8. The van der Waals surface area contributed by atoms with E-state index in [0.29, 0.717) is 23.5 Å². The van der Waals surface area contributed by atoms with Gasteiger partial charge in [0, 0.05) is 0 Å². The molecule has 2 saturated heterocycles. The smallest absolute Gasteiger partial charge is 0.313 e. The molecule has 27 heavy (non-hydrogen) atoms. The quantitative estimate of drug-likeness (QED) is 0.742. The van der Waals surface area contributed by atoms with Gasteiger partial charge in [0.1, 0.15) is 24.4 Å². The maximum absolute atomic E-state index is 10.6. The van der Waals surface area contributed by atoms with Crippen LogP contribution >= 0.6 is 0 Å². The Labute approximate surface area is 157 Å². The molecule has 8 heteroatoms. The molecule has 0 bridgehead atoms. The van der Waals surface area contributed by atoms with E-state index in [-0.39, 0.29) is 13.2 Å². The Kier molecular flexibility index (Phi) is 4.87. The van der Waals surface area contributed by atoms with Crippen molar-refractivity contribution in [3.8, 4) is 11.5 Å². The molecule has 6 atom stereocenters. The molecule has 0 aliphatic carbocycles. The molecule has 1 aromatic carbocycles. The van der Waals surface area contributed by atoms with Gasteiger partial charge >= 0.3 is 5.97 Å². The molecular formula is C19H24O8. The van der Waals surface area contributed by atoms with Gasteiger partial charge in [0.2, 0.25) is 0 Å². The normalized spacial score (nSPS) is 37.6. The fourth-order valence-electron chi connectivity index (χ4n) is 3.85.